The third kappa shape index (κ3) is 13.3. The zero-order valence-electron chi connectivity index (χ0n) is 28.7. The first-order valence-corrected chi connectivity index (χ1v) is 18.1. The molecule has 1 aliphatic carbocycles. The number of aliphatic imine (C=N–C) groups is 1. The lowest BCUT2D eigenvalue weighted by Crippen LogP contribution is -2.52. The summed E-state index contributed by atoms with van der Waals surface area (Å²) in [5.41, 5.74) is 13.3. The van der Waals surface area contributed by atoms with Gasteiger partial charge in [0, 0.05) is 13.6 Å². The number of amides is 3. The number of aliphatic carboxylic acids is 1. The molecular formula is C34H47N7O9S. The number of ether oxygens (including phenoxy) is 1. The summed E-state index contributed by atoms with van der Waals surface area (Å²) >= 11 is 0. The number of sulfonamides is 1. The molecule has 16 nitrogen and oxygen atoms in total. The molecule has 0 bridgehead atoms. The lowest BCUT2D eigenvalue weighted by Gasteiger charge is -2.26. The van der Waals surface area contributed by atoms with Gasteiger partial charge in [-0.2, -0.15) is 0 Å². The van der Waals surface area contributed by atoms with Crippen LogP contribution in [0.25, 0.3) is 0 Å². The molecule has 0 spiro atoms. The average molecular weight is 730 g/mol. The molecule has 3 amide bonds. The predicted molar refractivity (Wildman–Crippen MR) is 187 cm³/mol. The van der Waals surface area contributed by atoms with Gasteiger partial charge >= 0.3 is 11.9 Å². The van der Waals surface area contributed by atoms with Crippen molar-refractivity contribution in [2.75, 3.05) is 20.1 Å². The van der Waals surface area contributed by atoms with Gasteiger partial charge in [0.1, 0.15) is 24.2 Å². The Balaban J connectivity index is 1.63. The number of carboxylic acid groups (broad SMARTS) is 1. The van der Waals surface area contributed by atoms with Crippen LogP contribution >= 0.6 is 0 Å². The number of hydrogen-bond acceptors (Lipinski definition) is 10. The molecule has 17 heteroatoms. The van der Waals surface area contributed by atoms with Gasteiger partial charge in [-0.25, -0.2) is 17.9 Å². The molecular weight excluding hydrogens is 682 g/mol. The van der Waals surface area contributed by atoms with Crippen molar-refractivity contribution < 1.29 is 42.2 Å². The summed E-state index contributed by atoms with van der Waals surface area (Å²) in [5.74, 6) is -4.79. The van der Waals surface area contributed by atoms with Gasteiger partial charge in [0.15, 0.2) is 0 Å². The maximum Gasteiger partial charge on any atom is 0.326 e. The number of carbonyl (C=O) groups is 5. The number of rotatable bonds is 17. The summed E-state index contributed by atoms with van der Waals surface area (Å²) in [7, 11) is -2.69. The fourth-order valence-corrected chi connectivity index (χ4v) is 6.31. The molecule has 0 unspecified atom stereocenters. The standard InChI is InChI=1S/C34H47N7O9S/c1-22-15-17-25(18-16-22)51(48,49)40-34(36)37-19-9-14-26(39-31(44)30(35)23-10-5-3-6-11-23)32(45)41(2)21-28(42)38-27(33(46)47)20-29(43)50-24-12-7-4-8-13-24/h3,5-6,10-11,15-18,24,26-27,30H,4,7-9,12-14,19-21,35H2,1-2H3,(H,38,42)(H,39,44)(H,46,47)(H3,36,37,40)/t26-,27-,30-/m0/s1. The highest BCUT2D eigenvalue weighted by atomic mass is 32.2. The molecule has 3 rings (SSSR count). The van der Waals surface area contributed by atoms with Crippen molar-refractivity contribution in [2.45, 2.75) is 87.4 Å². The number of esters is 1. The Morgan fingerprint density at radius 1 is 0.980 bits per heavy atom. The lowest BCUT2D eigenvalue weighted by atomic mass is 9.98. The predicted octanol–water partition coefficient (Wildman–Crippen LogP) is 0.847. The molecule has 0 aliphatic heterocycles. The van der Waals surface area contributed by atoms with Gasteiger partial charge in [-0.05, 0) is 63.1 Å². The highest BCUT2D eigenvalue weighted by molar-refractivity contribution is 7.90. The summed E-state index contributed by atoms with van der Waals surface area (Å²) in [6.45, 7) is 1.19. The molecule has 2 aromatic rings. The molecule has 1 saturated carbocycles. The minimum Gasteiger partial charge on any atom is -0.480 e. The van der Waals surface area contributed by atoms with Crippen molar-refractivity contribution in [1.29, 1.82) is 0 Å². The van der Waals surface area contributed by atoms with Crippen LogP contribution in [0.3, 0.4) is 0 Å². The van der Waals surface area contributed by atoms with Gasteiger partial charge in [0.25, 0.3) is 10.0 Å². The maximum absolute atomic E-state index is 13.5. The van der Waals surface area contributed by atoms with E-state index in [1.807, 2.05) is 6.92 Å². The third-order valence-corrected chi connectivity index (χ3v) is 9.54. The van der Waals surface area contributed by atoms with E-state index in [9.17, 15) is 37.5 Å². The van der Waals surface area contributed by atoms with E-state index in [2.05, 4.69) is 20.3 Å². The number of nitrogens with zero attached hydrogens (tertiary/aromatic N) is 2. The molecule has 2 aromatic carbocycles. The smallest absolute Gasteiger partial charge is 0.326 e. The third-order valence-electron chi connectivity index (χ3n) is 8.17. The Hall–Kier alpha value is -5.03. The number of carboxylic acids is 1. The Bertz CT molecular complexity index is 1650. The molecule has 0 radical (unpaired) electrons. The van der Waals surface area contributed by atoms with Crippen molar-refractivity contribution in [2.24, 2.45) is 16.5 Å². The first-order chi connectivity index (χ1) is 24.2. The van der Waals surface area contributed by atoms with E-state index in [-0.39, 0.29) is 36.3 Å². The number of likely N-dealkylation sites (N-methyl/N-ethyl adjacent to an activating group) is 1. The number of hydrogen-bond donors (Lipinski definition) is 6. The summed E-state index contributed by atoms with van der Waals surface area (Å²) in [4.78, 5) is 68.7. The van der Waals surface area contributed by atoms with Crippen LogP contribution in [0.15, 0.2) is 64.5 Å². The second kappa shape index (κ2) is 19.4. The fraction of sp³-hybridized carbons (Fsp3) is 0.471. The van der Waals surface area contributed by atoms with Crippen LogP contribution in [0.2, 0.25) is 0 Å². The van der Waals surface area contributed by atoms with Crippen molar-refractivity contribution in [3.8, 4) is 0 Å². The van der Waals surface area contributed by atoms with Crippen LogP contribution in [-0.4, -0.2) is 92.4 Å². The Morgan fingerprint density at radius 3 is 2.25 bits per heavy atom. The first-order valence-electron chi connectivity index (χ1n) is 16.6. The number of benzene rings is 2. The molecule has 8 N–H and O–H groups in total. The zero-order valence-corrected chi connectivity index (χ0v) is 29.6. The molecule has 0 heterocycles. The van der Waals surface area contributed by atoms with Crippen LogP contribution in [0.1, 0.15) is 68.5 Å². The summed E-state index contributed by atoms with van der Waals surface area (Å²) in [5, 5.41) is 14.5. The molecule has 0 saturated heterocycles. The molecule has 3 atom stereocenters. The largest absolute Gasteiger partial charge is 0.480 e. The number of guanidine groups is 1. The Labute approximate surface area is 297 Å². The molecule has 51 heavy (non-hydrogen) atoms. The van der Waals surface area contributed by atoms with E-state index in [1.54, 1.807) is 42.5 Å². The summed E-state index contributed by atoms with van der Waals surface area (Å²) < 4.78 is 32.8. The summed E-state index contributed by atoms with van der Waals surface area (Å²) in [6.07, 6.45) is 3.52. The zero-order chi connectivity index (χ0) is 37.6. The quantitative estimate of drug-likeness (QED) is 0.0576. The van der Waals surface area contributed by atoms with E-state index < -0.39 is 70.8 Å². The monoisotopic (exact) mass is 729 g/mol. The van der Waals surface area contributed by atoms with Crippen molar-refractivity contribution in [1.82, 2.24) is 20.3 Å². The van der Waals surface area contributed by atoms with Gasteiger partial charge in [0.2, 0.25) is 23.7 Å². The van der Waals surface area contributed by atoms with E-state index >= 15 is 0 Å². The second-order valence-electron chi connectivity index (χ2n) is 12.4. The van der Waals surface area contributed by atoms with Crippen molar-refractivity contribution in [3.05, 3.63) is 65.7 Å². The van der Waals surface area contributed by atoms with Crippen molar-refractivity contribution in [3.63, 3.8) is 0 Å². The minimum absolute atomic E-state index is 0.00416. The minimum atomic E-state index is -3.98. The lowest BCUT2D eigenvalue weighted by molar-refractivity contribution is -0.155. The molecule has 1 aliphatic rings. The highest BCUT2D eigenvalue weighted by Crippen LogP contribution is 2.21. The van der Waals surface area contributed by atoms with E-state index in [0.717, 1.165) is 29.7 Å². The fourth-order valence-electron chi connectivity index (χ4n) is 5.35. The van der Waals surface area contributed by atoms with Crippen LogP contribution < -0.4 is 26.8 Å². The van der Waals surface area contributed by atoms with Crippen LogP contribution in [0.4, 0.5) is 0 Å². The maximum atomic E-state index is 13.5. The van der Waals surface area contributed by atoms with Crippen LogP contribution in [0, 0.1) is 6.92 Å². The summed E-state index contributed by atoms with van der Waals surface area (Å²) in [6, 6.07) is 10.7. The number of nitrogens with one attached hydrogen (secondary N) is 3. The van der Waals surface area contributed by atoms with Gasteiger partial charge in [0.05, 0.1) is 17.9 Å². The van der Waals surface area contributed by atoms with Crippen LogP contribution in [-0.2, 0) is 38.7 Å². The van der Waals surface area contributed by atoms with E-state index in [1.165, 1.54) is 19.2 Å². The molecule has 0 aromatic heterocycles. The molecule has 1 fully saturated rings. The topological polar surface area (TPSA) is 253 Å². The van der Waals surface area contributed by atoms with E-state index in [4.69, 9.17) is 16.2 Å². The van der Waals surface area contributed by atoms with Gasteiger partial charge < -0.3 is 36.8 Å². The molecule has 278 valence electrons. The first kappa shape index (κ1) is 40.4. The SMILES string of the molecule is Cc1ccc(S(=O)(=O)NC(N)=NCCC[C@H](NC(=O)[C@@H](N)c2ccccc2)C(=O)N(C)CC(=O)N[C@@H](CC(=O)OC2CCCCC2)C(=O)O)cc1. The second-order valence-corrected chi connectivity index (χ2v) is 14.1. The van der Waals surface area contributed by atoms with Gasteiger partial charge in [-0.1, -0.05) is 54.4 Å². The Morgan fingerprint density at radius 2 is 1.63 bits per heavy atom. The number of nitrogens with two attached hydrogens (primary N) is 2. The van der Waals surface area contributed by atoms with Gasteiger partial charge in [-0.15, -0.1) is 0 Å². The number of aryl methyl sites for hydroxylation is 1. The normalized spacial score (nSPS) is 15.5. The Kier molecular flexibility index (Phi) is 15.4. The van der Waals surface area contributed by atoms with E-state index in [0.29, 0.717) is 18.4 Å². The average Bonchev–Trinajstić information content (AvgIpc) is 3.09. The van der Waals surface area contributed by atoms with Crippen molar-refractivity contribution >= 4 is 45.6 Å². The highest BCUT2D eigenvalue weighted by Gasteiger charge is 2.30. The van der Waals surface area contributed by atoms with Crippen LogP contribution in [0.5, 0.6) is 0 Å². The number of carbonyl (C=O) groups excluding carboxylic acids is 4. The van der Waals surface area contributed by atoms with Gasteiger partial charge in [-0.3, -0.25) is 24.2 Å².